The van der Waals surface area contributed by atoms with Gasteiger partial charge < -0.3 is 9.57 Å². The lowest BCUT2D eigenvalue weighted by molar-refractivity contribution is 0.290. The maximum absolute atomic E-state index is 5.32. The van der Waals surface area contributed by atoms with Crippen LogP contribution in [0, 0.1) is 0 Å². The van der Waals surface area contributed by atoms with Crippen molar-refractivity contribution in [3.8, 4) is 5.75 Å². The average Bonchev–Trinajstić information content (AvgIpc) is 2.34. The van der Waals surface area contributed by atoms with Crippen LogP contribution in [0.3, 0.4) is 0 Å². The van der Waals surface area contributed by atoms with Gasteiger partial charge in [-0.1, -0.05) is 25.1 Å². The SMILES string of the molecule is C=C(C)/C=C(/ON)c1cc(OC)ccc1CC. The summed E-state index contributed by atoms with van der Waals surface area (Å²) in [4.78, 5) is 4.93. The predicted octanol–water partition coefficient (Wildman–Crippen LogP) is 3.06. The Morgan fingerprint density at radius 3 is 2.65 bits per heavy atom. The fraction of sp³-hybridized carbons (Fsp3) is 0.286. The molecule has 0 aromatic heterocycles. The molecule has 3 heteroatoms. The smallest absolute Gasteiger partial charge is 0.154 e. The van der Waals surface area contributed by atoms with Crippen LogP contribution in [0.4, 0.5) is 0 Å². The third-order valence-corrected chi connectivity index (χ3v) is 2.47. The topological polar surface area (TPSA) is 44.5 Å². The Balaban J connectivity index is 3.29. The first-order valence-corrected chi connectivity index (χ1v) is 5.53. The number of methoxy groups -OCH3 is 1. The molecule has 2 N–H and O–H groups in total. The van der Waals surface area contributed by atoms with E-state index in [1.54, 1.807) is 7.11 Å². The number of aryl methyl sites for hydroxylation is 1. The van der Waals surface area contributed by atoms with Crippen LogP contribution >= 0.6 is 0 Å². The number of hydrogen-bond donors (Lipinski definition) is 1. The van der Waals surface area contributed by atoms with Crippen LogP contribution in [0.1, 0.15) is 25.0 Å². The molecule has 1 rings (SSSR count). The van der Waals surface area contributed by atoms with Crippen molar-refractivity contribution in [1.82, 2.24) is 0 Å². The molecule has 3 nitrogen and oxygen atoms in total. The van der Waals surface area contributed by atoms with Gasteiger partial charge in [0.1, 0.15) is 5.75 Å². The summed E-state index contributed by atoms with van der Waals surface area (Å²) in [6.45, 7) is 7.80. The van der Waals surface area contributed by atoms with Crippen LogP contribution in [0.2, 0.25) is 0 Å². The molecule has 0 spiro atoms. The Kier molecular flexibility index (Phi) is 4.79. The average molecular weight is 233 g/mol. The molecule has 0 saturated heterocycles. The van der Waals surface area contributed by atoms with Crippen molar-refractivity contribution >= 4 is 5.76 Å². The lowest BCUT2D eigenvalue weighted by Gasteiger charge is -2.12. The van der Waals surface area contributed by atoms with Crippen molar-refractivity contribution in [3.63, 3.8) is 0 Å². The molecule has 0 bridgehead atoms. The van der Waals surface area contributed by atoms with E-state index in [2.05, 4.69) is 13.5 Å². The largest absolute Gasteiger partial charge is 0.497 e. The second-order valence-corrected chi connectivity index (χ2v) is 3.85. The highest BCUT2D eigenvalue weighted by Crippen LogP contribution is 2.25. The molecule has 0 unspecified atom stereocenters. The fourth-order valence-corrected chi connectivity index (χ4v) is 1.62. The first-order chi connectivity index (χ1) is 8.12. The van der Waals surface area contributed by atoms with E-state index in [0.29, 0.717) is 5.76 Å². The van der Waals surface area contributed by atoms with Gasteiger partial charge in [0.05, 0.1) is 7.11 Å². The maximum Gasteiger partial charge on any atom is 0.154 e. The highest BCUT2D eigenvalue weighted by atomic mass is 16.6. The van der Waals surface area contributed by atoms with Gasteiger partial charge in [0.15, 0.2) is 5.76 Å². The Bertz CT molecular complexity index is 436. The van der Waals surface area contributed by atoms with Crippen molar-refractivity contribution in [2.75, 3.05) is 7.11 Å². The zero-order valence-corrected chi connectivity index (χ0v) is 10.6. The number of nitrogens with two attached hydrogens (primary N) is 1. The molecule has 0 heterocycles. The third kappa shape index (κ3) is 3.36. The minimum Gasteiger partial charge on any atom is -0.497 e. The van der Waals surface area contributed by atoms with Crippen LogP contribution in [-0.4, -0.2) is 7.11 Å². The minimum absolute atomic E-state index is 0.605. The van der Waals surface area contributed by atoms with E-state index >= 15 is 0 Å². The lowest BCUT2D eigenvalue weighted by atomic mass is 10.0. The summed E-state index contributed by atoms with van der Waals surface area (Å²) in [6, 6.07) is 5.86. The Hall–Kier alpha value is -1.74. The van der Waals surface area contributed by atoms with E-state index in [-0.39, 0.29) is 0 Å². The van der Waals surface area contributed by atoms with Crippen LogP contribution in [0.5, 0.6) is 5.75 Å². The van der Waals surface area contributed by atoms with Crippen molar-refractivity contribution < 1.29 is 9.57 Å². The molecule has 1 aromatic rings. The van der Waals surface area contributed by atoms with Gasteiger partial charge in [-0.25, -0.2) is 0 Å². The molecule has 0 saturated carbocycles. The highest BCUT2D eigenvalue weighted by molar-refractivity contribution is 5.66. The zero-order chi connectivity index (χ0) is 12.8. The van der Waals surface area contributed by atoms with Gasteiger partial charge in [0, 0.05) is 5.56 Å². The van der Waals surface area contributed by atoms with Crippen LogP contribution in [-0.2, 0) is 11.3 Å². The standard InChI is InChI=1S/C14H19NO2/c1-5-11-6-7-12(16-4)9-13(11)14(17-15)8-10(2)3/h6-9H,2,5,15H2,1,3-4H3/b14-8+. The Morgan fingerprint density at radius 1 is 1.47 bits per heavy atom. The normalized spacial score (nSPS) is 11.2. The summed E-state index contributed by atoms with van der Waals surface area (Å²) in [5.41, 5.74) is 2.98. The molecule has 0 aliphatic rings. The van der Waals surface area contributed by atoms with Gasteiger partial charge in [-0.3, -0.25) is 0 Å². The summed E-state index contributed by atoms with van der Waals surface area (Å²) in [6.07, 6.45) is 2.71. The van der Waals surface area contributed by atoms with Crippen molar-refractivity contribution in [2.45, 2.75) is 20.3 Å². The second-order valence-electron chi connectivity index (χ2n) is 3.85. The number of allylic oxidation sites excluding steroid dienone is 2. The number of rotatable bonds is 5. The summed E-state index contributed by atoms with van der Waals surface area (Å²) >= 11 is 0. The Morgan fingerprint density at radius 2 is 2.18 bits per heavy atom. The second kappa shape index (κ2) is 6.11. The summed E-state index contributed by atoms with van der Waals surface area (Å²) in [5, 5.41) is 0. The minimum atomic E-state index is 0.605. The molecule has 0 fully saturated rings. The number of benzene rings is 1. The van der Waals surface area contributed by atoms with Crippen LogP contribution in [0.25, 0.3) is 5.76 Å². The Labute approximate surface area is 102 Å². The summed E-state index contributed by atoms with van der Waals surface area (Å²) < 4.78 is 5.21. The molecule has 92 valence electrons. The molecular formula is C14H19NO2. The third-order valence-electron chi connectivity index (χ3n) is 2.47. The van der Waals surface area contributed by atoms with Crippen molar-refractivity contribution in [1.29, 1.82) is 0 Å². The maximum atomic E-state index is 5.32. The van der Waals surface area contributed by atoms with Crippen LogP contribution in [0.15, 0.2) is 36.4 Å². The van der Waals surface area contributed by atoms with Crippen LogP contribution < -0.4 is 10.6 Å². The molecule has 0 atom stereocenters. The molecule has 0 amide bonds. The predicted molar refractivity (Wildman–Crippen MR) is 70.4 cm³/mol. The van der Waals surface area contributed by atoms with Gasteiger partial charge in [-0.05, 0) is 37.1 Å². The van der Waals surface area contributed by atoms with Crippen molar-refractivity contribution in [2.24, 2.45) is 5.90 Å². The molecule has 17 heavy (non-hydrogen) atoms. The number of hydrogen-bond acceptors (Lipinski definition) is 3. The van der Waals surface area contributed by atoms with E-state index < -0.39 is 0 Å². The number of ether oxygens (including phenoxy) is 1. The van der Waals surface area contributed by atoms with E-state index in [4.69, 9.17) is 15.5 Å². The lowest BCUT2D eigenvalue weighted by Crippen LogP contribution is -2.02. The van der Waals surface area contributed by atoms with Crippen molar-refractivity contribution in [3.05, 3.63) is 47.6 Å². The van der Waals surface area contributed by atoms with Gasteiger partial charge in [0.2, 0.25) is 0 Å². The molecule has 0 aliphatic heterocycles. The molecular weight excluding hydrogens is 214 g/mol. The summed E-state index contributed by atoms with van der Waals surface area (Å²) in [5.74, 6) is 6.70. The quantitative estimate of drug-likeness (QED) is 0.483. The van der Waals surface area contributed by atoms with Gasteiger partial charge in [-0.15, -0.1) is 0 Å². The highest BCUT2D eigenvalue weighted by Gasteiger charge is 2.09. The first-order valence-electron chi connectivity index (χ1n) is 5.53. The van der Waals surface area contributed by atoms with E-state index in [0.717, 1.165) is 28.9 Å². The molecule has 0 radical (unpaired) electrons. The van der Waals surface area contributed by atoms with Gasteiger partial charge in [-0.2, -0.15) is 5.90 Å². The van der Waals surface area contributed by atoms with E-state index in [9.17, 15) is 0 Å². The molecule has 0 aliphatic carbocycles. The van der Waals surface area contributed by atoms with Gasteiger partial charge >= 0.3 is 0 Å². The zero-order valence-electron chi connectivity index (χ0n) is 10.6. The molecule has 1 aromatic carbocycles. The summed E-state index contributed by atoms with van der Waals surface area (Å²) in [7, 11) is 1.64. The first kappa shape index (κ1) is 13.3. The van der Waals surface area contributed by atoms with E-state index in [1.807, 2.05) is 31.2 Å². The monoisotopic (exact) mass is 233 g/mol. The fourth-order valence-electron chi connectivity index (χ4n) is 1.62. The van der Waals surface area contributed by atoms with E-state index in [1.165, 1.54) is 0 Å². The van der Waals surface area contributed by atoms with Gasteiger partial charge in [0.25, 0.3) is 0 Å².